The van der Waals surface area contributed by atoms with Gasteiger partial charge in [0.15, 0.2) is 0 Å². The van der Waals surface area contributed by atoms with Crippen LogP contribution in [0.4, 0.5) is 8.78 Å². The number of hydrogen-bond donors (Lipinski definition) is 1. The summed E-state index contributed by atoms with van der Waals surface area (Å²) in [7, 11) is 0. The van der Waals surface area contributed by atoms with E-state index < -0.39 is 11.6 Å². The third-order valence-electron chi connectivity index (χ3n) is 3.28. The molecule has 0 aliphatic carbocycles. The number of nitrogens with two attached hydrogens (primary N) is 1. The van der Waals surface area contributed by atoms with Gasteiger partial charge in [-0.25, -0.2) is 8.78 Å². The molecular weight excluding hydrogens is 244 g/mol. The first-order chi connectivity index (χ1) is 8.97. The molecule has 0 saturated carbocycles. The van der Waals surface area contributed by atoms with E-state index in [4.69, 9.17) is 5.73 Å². The largest absolute Gasteiger partial charge is 0.324 e. The summed E-state index contributed by atoms with van der Waals surface area (Å²) in [4.78, 5) is 0. The summed E-state index contributed by atoms with van der Waals surface area (Å²) in [5.41, 5.74) is 9.59. The molecular formula is C16H17F2N. The lowest BCUT2D eigenvalue weighted by Crippen LogP contribution is -2.15. The molecule has 0 saturated heterocycles. The monoisotopic (exact) mass is 261 g/mol. The lowest BCUT2D eigenvalue weighted by Gasteiger charge is -2.16. The summed E-state index contributed by atoms with van der Waals surface area (Å²) in [6.45, 7) is 3.95. The molecule has 0 fully saturated rings. The van der Waals surface area contributed by atoms with Gasteiger partial charge in [-0.3, -0.25) is 0 Å². The Bertz CT molecular complexity index is 593. The van der Waals surface area contributed by atoms with E-state index in [9.17, 15) is 8.78 Å². The second kappa shape index (κ2) is 5.49. The zero-order chi connectivity index (χ0) is 14.0. The highest BCUT2D eigenvalue weighted by Crippen LogP contribution is 2.22. The molecule has 2 rings (SSSR count). The molecule has 2 aromatic rings. The minimum atomic E-state index is -0.440. The minimum absolute atomic E-state index is 0.286. The Balaban J connectivity index is 2.27. The van der Waals surface area contributed by atoms with Gasteiger partial charge in [-0.1, -0.05) is 23.8 Å². The predicted octanol–water partition coefficient (Wildman–Crippen LogP) is 3.82. The maximum atomic E-state index is 13.6. The smallest absolute Gasteiger partial charge is 0.126 e. The molecule has 19 heavy (non-hydrogen) atoms. The van der Waals surface area contributed by atoms with Crippen molar-refractivity contribution >= 4 is 0 Å². The Morgan fingerprint density at radius 2 is 1.79 bits per heavy atom. The molecule has 0 aliphatic heterocycles. The van der Waals surface area contributed by atoms with E-state index in [1.54, 1.807) is 0 Å². The number of aryl methyl sites for hydroxylation is 2. The molecule has 1 unspecified atom stereocenters. The van der Waals surface area contributed by atoms with Crippen LogP contribution >= 0.6 is 0 Å². The first kappa shape index (κ1) is 13.7. The van der Waals surface area contributed by atoms with E-state index in [2.05, 4.69) is 0 Å². The molecule has 3 heteroatoms. The molecule has 1 nitrogen and oxygen atoms in total. The Morgan fingerprint density at radius 3 is 2.53 bits per heavy atom. The average molecular weight is 261 g/mol. The van der Waals surface area contributed by atoms with Crippen molar-refractivity contribution in [2.45, 2.75) is 26.3 Å². The van der Waals surface area contributed by atoms with Crippen LogP contribution in [0.15, 0.2) is 36.4 Å². The lowest BCUT2D eigenvalue weighted by atomic mass is 9.94. The maximum absolute atomic E-state index is 13.6. The molecule has 0 amide bonds. The van der Waals surface area contributed by atoms with Crippen LogP contribution in [-0.4, -0.2) is 0 Å². The third kappa shape index (κ3) is 3.18. The van der Waals surface area contributed by atoms with Crippen molar-refractivity contribution in [3.63, 3.8) is 0 Å². The Kier molecular flexibility index (Phi) is 3.96. The molecule has 0 spiro atoms. The lowest BCUT2D eigenvalue weighted by molar-refractivity contribution is 0.572. The second-order valence-corrected chi connectivity index (χ2v) is 4.91. The molecule has 2 N–H and O–H groups in total. The summed E-state index contributed by atoms with van der Waals surface area (Å²) in [6, 6.07) is 9.12. The average Bonchev–Trinajstić information content (AvgIpc) is 2.36. The zero-order valence-corrected chi connectivity index (χ0v) is 11.1. The summed E-state index contributed by atoms with van der Waals surface area (Å²) in [6.07, 6.45) is 0.286. The van der Waals surface area contributed by atoms with Crippen molar-refractivity contribution in [3.05, 3.63) is 70.3 Å². The van der Waals surface area contributed by atoms with E-state index >= 15 is 0 Å². The molecule has 0 aromatic heterocycles. The van der Waals surface area contributed by atoms with Crippen LogP contribution < -0.4 is 5.73 Å². The van der Waals surface area contributed by atoms with Gasteiger partial charge in [0.1, 0.15) is 11.6 Å². The van der Waals surface area contributed by atoms with Crippen LogP contribution in [0.2, 0.25) is 0 Å². The van der Waals surface area contributed by atoms with Gasteiger partial charge < -0.3 is 5.73 Å². The number of hydrogen-bond acceptors (Lipinski definition) is 1. The van der Waals surface area contributed by atoms with Gasteiger partial charge in [0.05, 0.1) is 0 Å². The van der Waals surface area contributed by atoms with E-state index in [0.717, 1.165) is 28.8 Å². The van der Waals surface area contributed by atoms with Gasteiger partial charge in [0, 0.05) is 6.04 Å². The van der Waals surface area contributed by atoms with Gasteiger partial charge in [-0.2, -0.15) is 0 Å². The van der Waals surface area contributed by atoms with E-state index in [-0.39, 0.29) is 12.5 Å². The number of rotatable bonds is 3. The van der Waals surface area contributed by atoms with Crippen LogP contribution in [0.1, 0.15) is 28.3 Å². The first-order valence-electron chi connectivity index (χ1n) is 6.24. The second-order valence-electron chi connectivity index (χ2n) is 4.91. The van der Waals surface area contributed by atoms with Crippen LogP contribution in [0.3, 0.4) is 0 Å². The molecule has 0 radical (unpaired) electrons. The Labute approximate surface area is 112 Å². The summed E-state index contributed by atoms with van der Waals surface area (Å²) < 4.78 is 26.7. The summed E-state index contributed by atoms with van der Waals surface area (Å²) in [5.74, 6) is -0.855. The molecule has 1 atom stereocenters. The van der Waals surface area contributed by atoms with Crippen molar-refractivity contribution in [1.82, 2.24) is 0 Å². The third-order valence-corrected chi connectivity index (χ3v) is 3.28. The number of benzene rings is 2. The maximum Gasteiger partial charge on any atom is 0.126 e. The minimum Gasteiger partial charge on any atom is -0.324 e. The fraction of sp³-hybridized carbons (Fsp3) is 0.250. The normalized spacial score (nSPS) is 12.5. The molecule has 0 bridgehead atoms. The van der Waals surface area contributed by atoms with E-state index in [1.165, 1.54) is 6.07 Å². The van der Waals surface area contributed by atoms with Crippen LogP contribution in [0.5, 0.6) is 0 Å². The standard InChI is InChI=1S/C16H17F2N/c1-10-3-4-11(2)14(7-10)16(19)9-12-8-13(17)5-6-15(12)18/h3-8,16H,9,19H2,1-2H3. The SMILES string of the molecule is Cc1ccc(C)c(C(N)Cc2cc(F)ccc2F)c1. The van der Waals surface area contributed by atoms with Gasteiger partial charge in [-0.05, 0) is 55.2 Å². The fourth-order valence-electron chi connectivity index (χ4n) is 2.21. The van der Waals surface area contributed by atoms with Crippen LogP contribution in [-0.2, 0) is 6.42 Å². The molecule has 2 aromatic carbocycles. The number of halogens is 2. The van der Waals surface area contributed by atoms with Gasteiger partial charge >= 0.3 is 0 Å². The first-order valence-corrected chi connectivity index (χ1v) is 6.24. The van der Waals surface area contributed by atoms with Crippen LogP contribution in [0.25, 0.3) is 0 Å². The van der Waals surface area contributed by atoms with Gasteiger partial charge in [0.2, 0.25) is 0 Å². The Hall–Kier alpha value is -1.74. The molecule has 100 valence electrons. The highest BCUT2D eigenvalue weighted by molar-refractivity contribution is 5.34. The summed E-state index contributed by atoms with van der Waals surface area (Å²) >= 11 is 0. The highest BCUT2D eigenvalue weighted by Gasteiger charge is 2.13. The predicted molar refractivity (Wildman–Crippen MR) is 72.9 cm³/mol. The van der Waals surface area contributed by atoms with Crippen LogP contribution in [0, 0.1) is 25.5 Å². The zero-order valence-electron chi connectivity index (χ0n) is 11.1. The Morgan fingerprint density at radius 1 is 1.05 bits per heavy atom. The van der Waals surface area contributed by atoms with Crippen molar-refractivity contribution in [2.75, 3.05) is 0 Å². The summed E-state index contributed by atoms with van der Waals surface area (Å²) in [5, 5.41) is 0. The molecule has 0 aliphatic rings. The van der Waals surface area contributed by atoms with Gasteiger partial charge in [0.25, 0.3) is 0 Å². The van der Waals surface area contributed by atoms with Crippen molar-refractivity contribution in [3.8, 4) is 0 Å². The van der Waals surface area contributed by atoms with Crippen molar-refractivity contribution < 1.29 is 8.78 Å². The van der Waals surface area contributed by atoms with E-state index in [1.807, 2.05) is 32.0 Å². The van der Waals surface area contributed by atoms with Gasteiger partial charge in [-0.15, -0.1) is 0 Å². The van der Waals surface area contributed by atoms with Crippen molar-refractivity contribution in [1.29, 1.82) is 0 Å². The topological polar surface area (TPSA) is 26.0 Å². The highest BCUT2D eigenvalue weighted by atomic mass is 19.1. The molecule has 0 heterocycles. The van der Waals surface area contributed by atoms with Crippen molar-refractivity contribution in [2.24, 2.45) is 5.73 Å². The van der Waals surface area contributed by atoms with E-state index in [0.29, 0.717) is 5.56 Å². The quantitative estimate of drug-likeness (QED) is 0.893. The fourth-order valence-corrected chi connectivity index (χ4v) is 2.21.